The number of aromatic nitrogens is 2. The van der Waals surface area contributed by atoms with Crippen LogP contribution in [0.1, 0.15) is 11.3 Å². The van der Waals surface area contributed by atoms with E-state index in [0.717, 1.165) is 30.0 Å². The summed E-state index contributed by atoms with van der Waals surface area (Å²) >= 11 is 0. The van der Waals surface area contributed by atoms with Crippen LogP contribution in [-0.4, -0.2) is 30.8 Å². The molecule has 0 saturated carbocycles. The molecule has 0 bridgehead atoms. The van der Waals surface area contributed by atoms with Crippen LogP contribution in [0.4, 0.5) is 0 Å². The van der Waals surface area contributed by atoms with Crippen molar-refractivity contribution in [2.75, 3.05) is 20.8 Å². The molecular formula is C16H18N2O3. The molecule has 0 fully saturated rings. The number of methoxy groups -OCH3 is 2. The Bertz CT molecular complexity index is 631. The van der Waals surface area contributed by atoms with Crippen LogP contribution in [0.2, 0.25) is 0 Å². The van der Waals surface area contributed by atoms with Gasteiger partial charge < -0.3 is 14.2 Å². The van der Waals surface area contributed by atoms with Gasteiger partial charge in [-0.25, -0.2) is 9.97 Å². The fourth-order valence-corrected chi connectivity index (χ4v) is 2.64. The van der Waals surface area contributed by atoms with E-state index < -0.39 is 0 Å². The van der Waals surface area contributed by atoms with Crippen molar-refractivity contribution in [1.29, 1.82) is 0 Å². The van der Waals surface area contributed by atoms with Gasteiger partial charge >= 0.3 is 0 Å². The van der Waals surface area contributed by atoms with Crippen molar-refractivity contribution in [3.63, 3.8) is 0 Å². The molecule has 21 heavy (non-hydrogen) atoms. The molecule has 1 aliphatic heterocycles. The lowest BCUT2D eigenvalue weighted by molar-refractivity contribution is 0.210. The summed E-state index contributed by atoms with van der Waals surface area (Å²) in [7, 11) is 3.27. The molecule has 0 saturated heterocycles. The first-order chi connectivity index (χ1) is 10.3. The van der Waals surface area contributed by atoms with E-state index in [1.165, 1.54) is 11.9 Å². The predicted octanol–water partition coefficient (Wildman–Crippen LogP) is 2.29. The summed E-state index contributed by atoms with van der Waals surface area (Å²) in [5, 5.41) is 0. The van der Waals surface area contributed by atoms with Gasteiger partial charge in [-0.15, -0.1) is 0 Å². The maximum Gasteiger partial charge on any atom is 0.216 e. The fraction of sp³-hybridized carbons (Fsp3) is 0.375. The zero-order chi connectivity index (χ0) is 14.7. The average Bonchev–Trinajstić information content (AvgIpc) is 2.54. The number of rotatable bonds is 4. The first-order valence-electron chi connectivity index (χ1n) is 6.93. The van der Waals surface area contributed by atoms with E-state index in [1.54, 1.807) is 14.2 Å². The molecule has 110 valence electrons. The molecule has 0 unspecified atom stereocenters. The number of fused-ring (bicyclic) bond motifs is 1. The Labute approximate surface area is 123 Å². The zero-order valence-electron chi connectivity index (χ0n) is 12.2. The quantitative estimate of drug-likeness (QED) is 0.863. The second kappa shape index (κ2) is 5.99. The number of para-hydroxylation sites is 1. The normalized spacial score (nSPS) is 16.8. The summed E-state index contributed by atoms with van der Waals surface area (Å²) in [6.07, 6.45) is 3.34. The molecule has 1 aliphatic rings. The monoisotopic (exact) mass is 286 g/mol. The van der Waals surface area contributed by atoms with E-state index in [-0.39, 0.29) is 0 Å². The van der Waals surface area contributed by atoms with E-state index in [0.29, 0.717) is 18.4 Å². The summed E-state index contributed by atoms with van der Waals surface area (Å²) in [6, 6.07) is 7.89. The van der Waals surface area contributed by atoms with Crippen molar-refractivity contribution in [2.45, 2.75) is 12.8 Å². The summed E-state index contributed by atoms with van der Waals surface area (Å²) in [5.41, 5.74) is 2.16. The molecule has 2 aromatic rings. The molecule has 0 N–H and O–H groups in total. The number of hydrogen-bond acceptors (Lipinski definition) is 5. The van der Waals surface area contributed by atoms with Gasteiger partial charge in [0.25, 0.3) is 0 Å². The van der Waals surface area contributed by atoms with Crippen LogP contribution in [0.25, 0.3) is 0 Å². The Hall–Kier alpha value is -2.30. The Morgan fingerprint density at radius 3 is 2.95 bits per heavy atom. The minimum Gasteiger partial charge on any atom is -0.493 e. The van der Waals surface area contributed by atoms with E-state index >= 15 is 0 Å². The summed E-state index contributed by atoms with van der Waals surface area (Å²) in [4.78, 5) is 8.33. The Kier molecular flexibility index (Phi) is 3.90. The standard InChI is InChI=1S/C16H18N2O3/c1-19-14-5-3-4-12-6-11(9-21-16(12)14)7-13-8-15(20-2)18-10-17-13/h3-5,8,10-11H,6-7,9H2,1-2H3/t11-/m1/s1. The van der Waals surface area contributed by atoms with Gasteiger partial charge in [-0.3, -0.25) is 0 Å². The molecule has 5 heteroatoms. The highest BCUT2D eigenvalue weighted by molar-refractivity contribution is 5.47. The average molecular weight is 286 g/mol. The van der Waals surface area contributed by atoms with Gasteiger partial charge in [0.2, 0.25) is 5.88 Å². The SMILES string of the molecule is COc1cc(C[C@@H]2COc3c(cccc3OC)C2)ncn1. The largest absolute Gasteiger partial charge is 0.493 e. The second-order valence-electron chi connectivity index (χ2n) is 5.09. The molecule has 2 heterocycles. The minimum absolute atomic E-state index is 0.393. The lowest BCUT2D eigenvalue weighted by Crippen LogP contribution is -2.23. The first kappa shape index (κ1) is 13.7. The lowest BCUT2D eigenvalue weighted by Gasteiger charge is -2.26. The van der Waals surface area contributed by atoms with Crippen molar-refractivity contribution < 1.29 is 14.2 Å². The third-order valence-corrected chi connectivity index (χ3v) is 3.66. The molecular weight excluding hydrogens is 268 g/mol. The van der Waals surface area contributed by atoms with Crippen molar-refractivity contribution >= 4 is 0 Å². The maximum absolute atomic E-state index is 5.89. The smallest absolute Gasteiger partial charge is 0.216 e. The highest BCUT2D eigenvalue weighted by atomic mass is 16.5. The van der Waals surface area contributed by atoms with Crippen LogP contribution < -0.4 is 14.2 Å². The topological polar surface area (TPSA) is 53.5 Å². The zero-order valence-corrected chi connectivity index (χ0v) is 12.2. The van der Waals surface area contributed by atoms with Gasteiger partial charge in [0, 0.05) is 17.7 Å². The van der Waals surface area contributed by atoms with Crippen LogP contribution in [0.5, 0.6) is 17.4 Å². The van der Waals surface area contributed by atoms with Gasteiger partial charge in [-0.2, -0.15) is 0 Å². The summed E-state index contributed by atoms with van der Waals surface area (Å²) in [6.45, 7) is 0.666. The third kappa shape index (κ3) is 2.91. The minimum atomic E-state index is 0.393. The Morgan fingerprint density at radius 1 is 1.24 bits per heavy atom. The molecule has 1 aromatic heterocycles. The van der Waals surface area contributed by atoms with Crippen LogP contribution in [0.15, 0.2) is 30.6 Å². The van der Waals surface area contributed by atoms with E-state index in [4.69, 9.17) is 14.2 Å². The Morgan fingerprint density at radius 2 is 2.14 bits per heavy atom. The van der Waals surface area contributed by atoms with E-state index in [1.807, 2.05) is 18.2 Å². The maximum atomic E-state index is 5.89. The van der Waals surface area contributed by atoms with Crippen LogP contribution in [0.3, 0.4) is 0 Å². The molecule has 1 aromatic carbocycles. The van der Waals surface area contributed by atoms with Crippen molar-refractivity contribution in [1.82, 2.24) is 9.97 Å². The summed E-state index contributed by atoms with van der Waals surface area (Å²) in [5.74, 6) is 2.66. The molecule has 3 rings (SSSR count). The first-order valence-corrected chi connectivity index (χ1v) is 6.93. The number of hydrogen-bond donors (Lipinski definition) is 0. The molecule has 1 atom stereocenters. The molecule has 0 amide bonds. The van der Waals surface area contributed by atoms with Crippen LogP contribution in [0, 0.1) is 5.92 Å². The fourth-order valence-electron chi connectivity index (χ4n) is 2.64. The molecule has 0 radical (unpaired) electrons. The predicted molar refractivity (Wildman–Crippen MR) is 78.0 cm³/mol. The van der Waals surface area contributed by atoms with Gasteiger partial charge in [-0.05, 0) is 24.5 Å². The summed E-state index contributed by atoms with van der Waals surface area (Å²) < 4.78 is 16.4. The molecule has 0 spiro atoms. The second-order valence-corrected chi connectivity index (χ2v) is 5.09. The number of benzene rings is 1. The highest BCUT2D eigenvalue weighted by Crippen LogP contribution is 2.36. The van der Waals surface area contributed by atoms with Crippen molar-refractivity contribution in [2.24, 2.45) is 5.92 Å². The Balaban J connectivity index is 1.74. The number of nitrogens with zero attached hydrogens (tertiary/aromatic N) is 2. The van der Waals surface area contributed by atoms with Gasteiger partial charge in [-0.1, -0.05) is 12.1 Å². The van der Waals surface area contributed by atoms with Gasteiger partial charge in [0.05, 0.1) is 20.8 Å². The molecule has 0 aliphatic carbocycles. The van der Waals surface area contributed by atoms with Crippen LogP contribution in [-0.2, 0) is 12.8 Å². The van der Waals surface area contributed by atoms with Crippen molar-refractivity contribution in [3.05, 3.63) is 41.9 Å². The highest BCUT2D eigenvalue weighted by Gasteiger charge is 2.23. The van der Waals surface area contributed by atoms with Crippen molar-refractivity contribution in [3.8, 4) is 17.4 Å². The van der Waals surface area contributed by atoms with E-state index in [2.05, 4.69) is 16.0 Å². The van der Waals surface area contributed by atoms with Crippen LogP contribution >= 0.6 is 0 Å². The third-order valence-electron chi connectivity index (χ3n) is 3.66. The van der Waals surface area contributed by atoms with E-state index in [9.17, 15) is 0 Å². The lowest BCUT2D eigenvalue weighted by atomic mass is 9.92. The van der Waals surface area contributed by atoms with Gasteiger partial charge in [0.15, 0.2) is 11.5 Å². The molecule has 5 nitrogen and oxygen atoms in total. The number of ether oxygens (including phenoxy) is 3. The van der Waals surface area contributed by atoms with Gasteiger partial charge in [0.1, 0.15) is 6.33 Å².